The molecule has 4 rings (SSSR count). The van der Waals surface area contributed by atoms with Crippen LogP contribution in [0.2, 0.25) is 0 Å². The molecule has 1 N–H and O–H groups in total. The van der Waals surface area contributed by atoms with Gasteiger partial charge in [-0.3, -0.25) is 4.79 Å². The number of hydrogen-bond acceptors (Lipinski definition) is 5. The molecule has 0 unspecified atom stereocenters. The lowest BCUT2D eigenvalue weighted by molar-refractivity contribution is -0.118. The Kier molecular flexibility index (Phi) is 7.23. The summed E-state index contributed by atoms with van der Waals surface area (Å²) in [5.41, 5.74) is 3.94. The van der Waals surface area contributed by atoms with Crippen LogP contribution in [-0.4, -0.2) is 33.0 Å². The first-order chi connectivity index (χ1) is 14.8. The zero-order valence-electron chi connectivity index (χ0n) is 17.4. The van der Waals surface area contributed by atoms with Crippen LogP contribution in [0.15, 0.2) is 40.9 Å². The van der Waals surface area contributed by atoms with Gasteiger partial charge in [-0.1, -0.05) is 49.0 Å². The van der Waals surface area contributed by atoms with E-state index in [0.29, 0.717) is 12.3 Å². The maximum absolute atomic E-state index is 12.3. The van der Waals surface area contributed by atoms with Crippen molar-refractivity contribution in [1.82, 2.24) is 20.1 Å². The fraction of sp³-hybridized carbons (Fsp3) is 0.435. The highest BCUT2D eigenvalue weighted by atomic mass is 32.2. The molecule has 1 aliphatic carbocycles. The number of amides is 1. The van der Waals surface area contributed by atoms with E-state index in [0.717, 1.165) is 36.8 Å². The molecule has 0 fully saturated rings. The van der Waals surface area contributed by atoms with Gasteiger partial charge in [0.25, 0.3) is 0 Å². The lowest BCUT2D eigenvalue weighted by Gasteiger charge is -2.13. The maximum atomic E-state index is 12.3. The van der Waals surface area contributed by atoms with Gasteiger partial charge in [0.05, 0.1) is 5.75 Å². The second kappa shape index (κ2) is 10.3. The number of aromatic nitrogens is 3. The van der Waals surface area contributed by atoms with E-state index >= 15 is 0 Å². The van der Waals surface area contributed by atoms with E-state index in [1.54, 1.807) is 0 Å². The molecule has 0 saturated heterocycles. The zero-order valence-corrected chi connectivity index (χ0v) is 19.0. The van der Waals surface area contributed by atoms with Crippen LogP contribution >= 0.6 is 23.1 Å². The van der Waals surface area contributed by atoms with Crippen molar-refractivity contribution < 1.29 is 4.79 Å². The Morgan fingerprint density at radius 3 is 2.87 bits per heavy atom. The number of aryl methyl sites for hydroxylation is 1. The molecule has 3 aromatic rings. The topological polar surface area (TPSA) is 59.8 Å². The molecule has 0 aliphatic heterocycles. The molecular weight excluding hydrogens is 412 g/mol. The molecule has 2 heterocycles. The van der Waals surface area contributed by atoms with Crippen molar-refractivity contribution in [1.29, 1.82) is 0 Å². The number of thioether (sulfide) groups is 1. The molecule has 1 amide bonds. The average Bonchev–Trinajstić information content (AvgIpc) is 3.37. The second-order valence-corrected chi connectivity index (χ2v) is 9.50. The maximum Gasteiger partial charge on any atom is 0.230 e. The van der Waals surface area contributed by atoms with E-state index in [-0.39, 0.29) is 5.91 Å². The highest BCUT2D eigenvalue weighted by Gasteiger charge is 2.22. The number of hydrogen-bond donors (Lipinski definition) is 1. The average molecular weight is 441 g/mol. The second-order valence-electron chi connectivity index (χ2n) is 7.59. The minimum absolute atomic E-state index is 0.0384. The summed E-state index contributed by atoms with van der Waals surface area (Å²) in [6.45, 7) is 3.68. The first-order valence-electron chi connectivity index (χ1n) is 10.7. The van der Waals surface area contributed by atoms with Crippen molar-refractivity contribution in [2.24, 2.45) is 0 Å². The fourth-order valence-corrected chi connectivity index (χ4v) is 5.79. The standard InChI is InChI=1S/C23H28N4OS2/c1-2-14-27-22(19-15-29-20-11-7-6-10-18(19)20)25-26-23(27)30-16-21(28)24-13-12-17-8-4-3-5-9-17/h3-5,8-9,15H,2,6-7,10-14,16H2,1H3,(H,24,28). The first kappa shape index (κ1) is 21.1. The van der Waals surface area contributed by atoms with Gasteiger partial charge in [0.1, 0.15) is 0 Å². The lowest BCUT2D eigenvalue weighted by Crippen LogP contribution is -2.27. The molecule has 5 nitrogen and oxygen atoms in total. The van der Waals surface area contributed by atoms with Crippen molar-refractivity contribution in [3.8, 4) is 11.4 Å². The smallest absolute Gasteiger partial charge is 0.230 e. The van der Waals surface area contributed by atoms with Crippen LogP contribution in [0.5, 0.6) is 0 Å². The Balaban J connectivity index is 1.38. The summed E-state index contributed by atoms with van der Waals surface area (Å²) in [6.07, 6.45) is 6.72. The Morgan fingerprint density at radius 1 is 1.20 bits per heavy atom. The molecule has 0 saturated carbocycles. The van der Waals surface area contributed by atoms with E-state index in [1.165, 1.54) is 52.6 Å². The number of nitrogens with one attached hydrogen (secondary N) is 1. The third kappa shape index (κ3) is 4.95. The van der Waals surface area contributed by atoms with Gasteiger partial charge in [-0.2, -0.15) is 0 Å². The van der Waals surface area contributed by atoms with Gasteiger partial charge in [0, 0.05) is 28.9 Å². The predicted molar refractivity (Wildman–Crippen MR) is 124 cm³/mol. The molecule has 30 heavy (non-hydrogen) atoms. The third-order valence-corrected chi connectivity index (χ3v) is 7.43. The number of benzene rings is 1. The molecule has 7 heteroatoms. The van der Waals surface area contributed by atoms with Crippen LogP contribution in [0.3, 0.4) is 0 Å². The summed E-state index contributed by atoms with van der Waals surface area (Å²) in [6, 6.07) is 10.2. The van der Waals surface area contributed by atoms with Crippen molar-refractivity contribution in [2.45, 2.75) is 57.1 Å². The van der Waals surface area contributed by atoms with Crippen molar-refractivity contribution in [2.75, 3.05) is 12.3 Å². The molecule has 1 aromatic carbocycles. The van der Waals surface area contributed by atoms with Crippen LogP contribution in [0.1, 0.15) is 42.2 Å². The fourth-order valence-electron chi connectivity index (χ4n) is 3.87. The molecule has 0 spiro atoms. The molecule has 2 aromatic heterocycles. The molecule has 1 aliphatic rings. The molecular formula is C23H28N4OS2. The Morgan fingerprint density at radius 2 is 2.03 bits per heavy atom. The SMILES string of the molecule is CCCn1c(SCC(=O)NCCc2ccccc2)nnc1-c1csc2c1CCCC2. The van der Waals surface area contributed by atoms with E-state index < -0.39 is 0 Å². The number of carbonyl (C=O) groups excluding carboxylic acids is 1. The van der Waals surface area contributed by atoms with Crippen LogP contribution in [0, 0.1) is 0 Å². The predicted octanol–water partition coefficient (Wildman–Crippen LogP) is 4.75. The Labute approximate surface area is 186 Å². The zero-order chi connectivity index (χ0) is 20.8. The van der Waals surface area contributed by atoms with E-state index in [9.17, 15) is 4.79 Å². The lowest BCUT2D eigenvalue weighted by atomic mass is 9.95. The van der Waals surface area contributed by atoms with Gasteiger partial charge in [-0.25, -0.2) is 0 Å². The van der Waals surface area contributed by atoms with Gasteiger partial charge in [-0.15, -0.1) is 21.5 Å². The number of rotatable bonds is 9. The van der Waals surface area contributed by atoms with Crippen LogP contribution in [0.25, 0.3) is 11.4 Å². The largest absolute Gasteiger partial charge is 0.355 e. The molecule has 158 valence electrons. The van der Waals surface area contributed by atoms with Gasteiger partial charge < -0.3 is 9.88 Å². The Bertz CT molecular complexity index is 981. The summed E-state index contributed by atoms with van der Waals surface area (Å²) in [5.74, 6) is 1.36. The summed E-state index contributed by atoms with van der Waals surface area (Å²) in [7, 11) is 0. The van der Waals surface area contributed by atoms with Crippen LogP contribution in [0.4, 0.5) is 0 Å². The number of nitrogens with zero attached hydrogens (tertiary/aromatic N) is 3. The van der Waals surface area contributed by atoms with E-state index in [2.05, 4.69) is 44.5 Å². The summed E-state index contributed by atoms with van der Waals surface area (Å²) in [5, 5.41) is 15.1. The Hall–Kier alpha value is -2.12. The third-order valence-electron chi connectivity index (χ3n) is 5.38. The van der Waals surface area contributed by atoms with Gasteiger partial charge >= 0.3 is 0 Å². The highest BCUT2D eigenvalue weighted by molar-refractivity contribution is 7.99. The van der Waals surface area contributed by atoms with Gasteiger partial charge in [-0.05, 0) is 49.7 Å². The summed E-state index contributed by atoms with van der Waals surface area (Å²) in [4.78, 5) is 13.8. The van der Waals surface area contributed by atoms with Crippen molar-refractivity contribution in [3.05, 3.63) is 51.7 Å². The summed E-state index contributed by atoms with van der Waals surface area (Å²) >= 11 is 3.33. The van der Waals surface area contributed by atoms with Crippen molar-refractivity contribution >= 4 is 29.0 Å². The highest BCUT2D eigenvalue weighted by Crippen LogP contribution is 2.36. The normalized spacial score (nSPS) is 13.2. The molecule has 0 bridgehead atoms. The minimum atomic E-state index is 0.0384. The minimum Gasteiger partial charge on any atom is -0.355 e. The van der Waals surface area contributed by atoms with E-state index in [4.69, 9.17) is 0 Å². The number of fused-ring (bicyclic) bond motifs is 1. The molecule has 0 radical (unpaired) electrons. The number of thiophene rings is 1. The van der Waals surface area contributed by atoms with E-state index in [1.807, 2.05) is 29.5 Å². The quantitative estimate of drug-likeness (QED) is 0.488. The van der Waals surface area contributed by atoms with Crippen molar-refractivity contribution in [3.63, 3.8) is 0 Å². The van der Waals surface area contributed by atoms with Crippen LogP contribution < -0.4 is 5.32 Å². The molecule has 0 atom stereocenters. The summed E-state index contributed by atoms with van der Waals surface area (Å²) < 4.78 is 2.19. The van der Waals surface area contributed by atoms with Gasteiger partial charge in [0.2, 0.25) is 5.91 Å². The monoisotopic (exact) mass is 440 g/mol. The van der Waals surface area contributed by atoms with Crippen LogP contribution in [-0.2, 0) is 30.6 Å². The first-order valence-corrected chi connectivity index (χ1v) is 12.6. The number of carbonyl (C=O) groups is 1. The van der Waals surface area contributed by atoms with Gasteiger partial charge in [0.15, 0.2) is 11.0 Å².